The van der Waals surface area contributed by atoms with E-state index in [9.17, 15) is 4.79 Å². The van der Waals surface area contributed by atoms with Crippen molar-refractivity contribution < 1.29 is 9.21 Å². The smallest absolute Gasteiger partial charge is 0.152 e. The van der Waals surface area contributed by atoms with E-state index >= 15 is 0 Å². The second kappa shape index (κ2) is 3.66. The molecule has 2 heteroatoms. The Bertz CT molecular complexity index is 382. The van der Waals surface area contributed by atoms with Crippen molar-refractivity contribution in [1.29, 1.82) is 0 Å². The Labute approximate surface area is 82.9 Å². The Kier molecular flexibility index (Phi) is 2.35. The van der Waals surface area contributed by atoms with Crippen LogP contribution < -0.4 is 0 Å². The summed E-state index contributed by atoms with van der Waals surface area (Å²) >= 11 is 0. The van der Waals surface area contributed by atoms with E-state index in [-0.39, 0.29) is 5.78 Å². The van der Waals surface area contributed by atoms with Gasteiger partial charge in [-0.2, -0.15) is 0 Å². The van der Waals surface area contributed by atoms with Gasteiger partial charge in [-0.05, 0) is 37.6 Å². The molecule has 0 spiro atoms. The van der Waals surface area contributed by atoms with Crippen LogP contribution >= 0.6 is 0 Å². The lowest BCUT2D eigenvalue weighted by Gasteiger charge is -1.82. The molecule has 0 bridgehead atoms. The Morgan fingerprint density at radius 1 is 1.64 bits per heavy atom. The Hall–Kier alpha value is -1.57. The Morgan fingerprint density at radius 2 is 2.50 bits per heavy atom. The number of allylic oxidation sites excluding steroid dienone is 3. The largest absolute Gasteiger partial charge is 0.465 e. The van der Waals surface area contributed by atoms with Crippen molar-refractivity contribution in [2.45, 2.75) is 13.3 Å². The van der Waals surface area contributed by atoms with Crippen LogP contribution in [0.1, 0.15) is 19.1 Å². The van der Waals surface area contributed by atoms with Crippen molar-refractivity contribution >= 4 is 11.9 Å². The molecule has 1 heterocycles. The number of hydrogen-bond acceptors (Lipinski definition) is 2. The monoisotopic (exact) mass is 188 g/mol. The minimum absolute atomic E-state index is 0.106. The third kappa shape index (κ3) is 2.22. The van der Waals surface area contributed by atoms with Crippen LogP contribution in [0.25, 0.3) is 6.08 Å². The third-order valence-electron chi connectivity index (χ3n) is 2.21. The summed E-state index contributed by atoms with van der Waals surface area (Å²) in [5.74, 6) is 1.44. The van der Waals surface area contributed by atoms with Gasteiger partial charge in [-0.15, -0.1) is 0 Å². The van der Waals surface area contributed by atoms with E-state index in [4.69, 9.17) is 4.42 Å². The van der Waals surface area contributed by atoms with Crippen LogP contribution in [0.5, 0.6) is 0 Å². The molecule has 1 aliphatic carbocycles. The van der Waals surface area contributed by atoms with Crippen LogP contribution in [0, 0.1) is 5.92 Å². The van der Waals surface area contributed by atoms with E-state index in [1.807, 2.05) is 24.3 Å². The van der Waals surface area contributed by atoms with E-state index in [2.05, 4.69) is 0 Å². The van der Waals surface area contributed by atoms with Crippen LogP contribution in [0.4, 0.5) is 0 Å². The summed E-state index contributed by atoms with van der Waals surface area (Å²) in [7, 11) is 0. The molecule has 14 heavy (non-hydrogen) atoms. The lowest BCUT2D eigenvalue weighted by molar-refractivity contribution is -0.112. The topological polar surface area (TPSA) is 30.2 Å². The van der Waals surface area contributed by atoms with Gasteiger partial charge in [0.05, 0.1) is 6.26 Å². The van der Waals surface area contributed by atoms with Crippen LogP contribution in [0.15, 0.2) is 40.5 Å². The molecule has 0 saturated heterocycles. The molecule has 72 valence electrons. The first-order valence-electron chi connectivity index (χ1n) is 4.68. The molecule has 1 aromatic heterocycles. The summed E-state index contributed by atoms with van der Waals surface area (Å²) in [6.45, 7) is 1.56. The summed E-state index contributed by atoms with van der Waals surface area (Å²) in [5, 5.41) is 0. The SMILES string of the molecule is CC(=O)/C=C/C1C/C1=C\c1ccco1. The molecule has 1 aliphatic rings. The number of carbonyl (C=O) groups is 1. The van der Waals surface area contributed by atoms with Gasteiger partial charge in [0.15, 0.2) is 5.78 Å². The summed E-state index contributed by atoms with van der Waals surface area (Å²) in [4.78, 5) is 10.7. The highest BCUT2D eigenvalue weighted by Gasteiger charge is 2.26. The van der Waals surface area contributed by atoms with Crippen molar-refractivity contribution in [3.8, 4) is 0 Å². The van der Waals surface area contributed by atoms with Gasteiger partial charge < -0.3 is 4.42 Å². The molecule has 0 aromatic carbocycles. The number of rotatable bonds is 3. The fraction of sp³-hybridized carbons (Fsp3) is 0.250. The van der Waals surface area contributed by atoms with Crippen LogP contribution in [0.3, 0.4) is 0 Å². The molecule has 1 atom stereocenters. The molecule has 0 amide bonds. The molecule has 1 unspecified atom stereocenters. The second-order valence-corrected chi connectivity index (χ2v) is 3.52. The minimum atomic E-state index is 0.106. The first-order chi connectivity index (χ1) is 6.75. The van der Waals surface area contributed by atoms with Crippen molar-refractivity contribution in [3.63, 3.8) is 0 Å². The fourth-order valence-corrected chi connectivity index (χ4v) is 1.36. The lowest BCUT2D eigenvalue weighted by atomic mass is 10.3. The average Bonchev–Trinajstić information content (AvgIpc) is 2.63. The van der Waals surface area contributed by atoms with E-state index in [0.29, 0.717) is 5.92 Å². The Balaban J connectivity index is 1.96. The van der Waals surface area contributed by atoms with Crippen LogP contribution in [-0.4, -0.2) is 5.78 Å². The highest BCUT2D eigenvalue weighted by Crippen LogP contribution is 2.40. The lowest BCUT2D eigenvalue weighted by Crippen LogP contribution is -1.79. The minimum Gasteiger partial charge on any atom is -0.465 e. The second-order valence-electron chi connectivity index (χ2n) is 3.52. The van der Waals surface area contributed by atoms with Gasteiger partial charge in [0.25, 0.3) is 0 Å². The fourth-order valence-electron chi connectivity index (χ4n) is 1.36. The number of ketones is 1. The number of furan rings is 1. The molecular weight excluding hydrogens is 176 g/mol. The number of hydrogen-bond donors (Lipinski definition) is 0. The third-order valence-corrected chi connectivity index (χ3v) is 2.21. The van der Waals surface area contributed by atoms with Gasteiger partial charge in [0.2, 0.25) is 0 Å². The van der Waals surface area contributed by atoms with Gasteiger partial charge in [-0.25, -0.2) is 0 Å². The first kappa shape index (κ1) is 9.00. The zero-order chi connectivity index (χ0) is 9.97. The van der Waals surface area contributed by atoms with Crippen LogP contribution in [-0.2, 0) is 4.79 Å². The maximum atomic E-state index is 10.7. The molecule has 0 radical (unpaired) electrons. The maximum absolute atomic E-state index is 10.7. The number of carbonyl (C=O) groups excluding carboxylic acids is 1. The summed E-state index contributed by atoms with van der Waals surface area (Å²) < 4.78 is 5.19. The normalized spacial score (nSPS) is 23.2. The molecule has 2 rings (SSSR count). The van der Waals surface area contributed by atoms with E-state index in [1.54, 1.807) is 19.3 Å². The molecule has 1 saturated carbocycles. The van der Waals surface area contributed by atoms with Gasteiger partial charge in [0.1, 0.15) is 5.76 Å². The molecule has 1 fully saturated rings. The standard InChI is InChI=1S/C12H12O2/c1-9(13)4-5-10-7-11(10)8-12-3-2-6-14-12/h2-6,8,10H,7H2,1H3/b5-4+,11-8+. The molecule has 0 N–H and O–H groups in total. The molecule has 1 aromatic rings. The van der Waals surface area contributed by atoms with Crippen molar-refractivity contribution in [1.82, 2.24) is 0 Å². The summed E-state index contributed by atoms with van der Waals surface area (Å²) in [6.07, 6.45) is 8.33. The van der Waals surface area contributed by atoms with E-state index in [0.717, 1.165) is 12.2 Å². The average molecular weight is 188 g/mol. The predicted octanol–water partition coefficient (Wildman–Crippen LogP) is 2.83. The maximum Gasteiger partial charge on any atom is 0.152 e. The van der Waals surface area contributed by atoms with Crippen LogP contribution in [0.2, 0.25) is 0 Å². The Morgan fingerprint density at radius 3 is 3.14 bits per heavy atom. The van der Waals surface area contributed by atoms with E-state index in [1.165, 1.54) is 5.57 Å². The predicted molar refractivity (Wildman–Crippen MR) is 54.6 cm³/mol. The molecular formula is C12H12O2. The molecule has 2 nitrogen and oxygen atoms in total. The quantitative estimate of drug-likeness (QED) is 0.683. The summed E-state index contributed by atoms with van der Waals surface area (Å²) in [6, 6.07) is 3.80. The van der Waals surface area contributed by atoms with Crippen molar-refractivity contribution in [2.24, 2.45) is 5.92 Å². The highest BCUT2D eigenvalue weighted by atomic mass is 16.3. The van der Waals surface area contributed by atoms with Gasteiger partial charge in [-0.1, -0.05) is 11.6 Å². The van der Waals surface area contributed by atoms with E-state index < -0.39 is 0 Å². The zero-order valence-electron chi connectivity index (χ0n) is 8.07. The van der Waals surface area contributed by atoms with Gasteiger partial charge in [0, 0.05) is 5.92 Å². The van der Waals surface area contributed by atoms with Gasteiger partial charge >= 0.3 is 0 Å². The summed E-state index contributed by atoms with van der Waals surface area (Å²) in [5.41, 5.74) is 1.33. The van der Waals surface area contributed by atoms with Crippen molar-refractivity contribution in [2.75, 3.05) is 0 Å². The molecule has 0 aliphatic heterocycles. The first-order valence-corrected chi connectivity index (χ1v) is 4.68. The zero-order valence-corrected chi connectivity index (χ0v) is 8.07. The van der Waals surface area contributed by atoms with Gasteiger partial charge in [-0.3, -0.25) is 4.79 Å². The highest BCUT2D eigenvalue weighted by molar-refractivity contribution is 5.87. The van der Waals surface area contributed by atoms with Crippen molar-refractivity contribution in [3.05, 3.63) is 41.9 Å².